The Hall–Kier alpha value is -0.630. The fourth-order valence-electron chi connectivity index (χ4n) is 1.33. The first-order valence-corrected chi connectivity index (χ1v) is 7.71. The van der Waals surface area contributed by atoms with Crippen molar-refractivity contribution in [1.82, 2.24) is 4.31 Å². The van der Waals surface area contributed by atoms with Gasteiger partial charge < -0.3 is 5.11 Å². The third-order valence-corrected chi connectivity index (χ3v) is 4.54. The Kier molecular flexibility index (Phi) is 5.58. The van der Waals surface area contributed by atoms with Crippen molar-refractivity contribution in [2.45, 2.75) is 13.3 Å². The highest BCUT2D eigenvalue weighted by Crippen LogP contribution is 2.24. The molecule has 0 aliphatic rings. The number of anilines is 1. The van der Waals surface area contributed by atoms with Crippen molar-refractivity contribution in [3.05, 3.63) is 28.2 Å². The molecule has 0 atom stereocenters. The number of aliphatic hydroxyl groups is 1. The fraction of sp³-hybridized carbons (Fsp3) is 0.455. The number of rotatable bonds is 6. The molecule has 0 fully saturated rings. The molecule has 18 heavy (non-hydrogen) atoms. The molecule has 0 unspecified atom stereocenters. The zero-order valence-electron chi connectivity index (χ0n) is 10.4. The Morgan fingerprint density at radius 3 is 2.67 bits per heavy atom. The van der Waals surface area contributed by atoms with E-state index in [0.717, 1.165) is 5.56 Å². The van der Waals surface area contributed by atoms with E-state index in [2.05, 4.69) is 20.7 Å². The molecule has 0 radical (unpaired) electrons. The topological polar surface area (TPSA) is 69.6 Å². The minimum atomic E-state index is -3.58. The Labute approximate surface area is 116 Å². The van der Waals surface area contributed by atoms with Gasteiger partial charge in [-0.3, -0.25) is 4.72 Å². The second-order valence-corrected chi connectivity index (χ2v) is 6.62. The Morgan fingerprint density at radius 2 is 2.11 bits per heavy atom. The van der Waals surface area contributed by atoms with Crippen LogP contribution >= 0.6 is 15.9 Å². The van der Waals surface area contributed by atoms with Crippen molar-refractivity contribution in [2.75, 3.05) is 24.9 Å². The SMILES string of the molecule is Cc1ccc(NS(=O)(=O)N(C)CCCO)c(Br)c1. The van der Waals surface area contributed by atoms with Crippen LogP contribution in [-0.2, 0) is 10.2 Å². The average Bonchev–Trinajstić information content (AvgIpc) is 2.29. The molecular weight excluding hydrogens is 320 g/mol. The second-order valence-electron chi connectivity index (χ2n) is 3.99. The molecule has 5 nitrogen and oxygen atoms in total. The summed E-state index contributed by atoms with van der Waals surface area (Å²) in [4.78, 5) is 0. The summed E-state index contributed by atoms with van der Waals surface area (Å²) in [5, 5.41) is 8.70. The molecule has 0 aromatic heterocycles. The summed E-state index contributed by atoms with van der Waals surface area (Å²) in [5.41, 5.74) is 1.54. The van der Waals surface area contributed by atoms with Crippen molar-refractivity contribution < 1.29 is 13.5 Å². The van der Waals surface area contributed by atoms with Crippen LogP contribution in [0.1, 0.15) is 12.0 Å². The smallest absolute Gasteiger partial charge is 0.301 e. The number of hydrogen-bond donors (Lipinski definition) is 2. The van der Waals surface area contributed by atoms with E-state index < -0.39 is 10.2 Å². The van der Waals surface area contributed by atoms with Crippen molar-refractivity contribution in [2.24, 2.45) is 0 Å². The highest BCUT2D eigenvalue weighted by atomic mass is 79.9. The van der Waals surface area contributed by atoms with Gasteiger partial charge in [-0.2, -0.15) is 12.7 Å². The molecule has 1 aromatic carbocycles. The molecule has 1 rings (SSSR count). The molecular formula is C11H17BrN2O3S. The number of nitrogens with one attached hydrogen (secondary N) is 1. The Morgan fingerprint density at radius 1 is 1.44 bits per heavy atom. The molecule has 102 valence electrons. The van der Waals surface area contributed by atoms with Crippen LogP contribution in [0.2, 0.25) is 0 Å². The number of nitrogens with zero attached hydrogens (tertiary/aromatic N) is 1. The third-order valence-electron chi connectivity index (χ3n) is 2.40. The van der Waals surface area contributed by atoms with Gasteiger partial charge in [-0.05, 0) is 47.0 Å². The lowest BCUT2D eigenvalue weighted by Gasteiger charge is -2.18. The zero-order valence-corrected chi connectivity index (χ0v) is 12.8. The first kappa shape index (κ1) is 15.4. The van der Waals surface area contributed by atoms with Gasteiger partial charge in [-0.25, -0.2) is 0 Å². The van der Waals surface area contributed by atoms with E-state index in [0.29, 0.717) is 16.6 Å². The van der Waals surface area contributed by atoms with Gasteiger partial charge in [0.2, 0.25) is 0 Å². The second kappa shape index (κ2) is 6.51. The van der Waals surface area contributed by atoms with Gasteiger partial charge in [0, 0.05) is 24.7 Å². The lowest BCUT2D eigenvalue weighted by Crippen LogP contribution is -2.33. The minimum absolute atomic E-state index is 0.0336. The van der Waals surface area contributed by atoms with E-state index in [1.165, 1.54) is 11.4 Å². The van der Waals surface area contributed by atoms with E-state index in [1.54, 1.807) is 6.07 Å². The molecule has 0 saturated heterocycles. The van der Waals surface area contributed by atoms with Gasteiger partial charge in [-0.15, -0.1) is 0 Å². The molecule has 7 heteroatoms. The molecule has 0 heterocycles. The maximum atomic E-state index is 12.0. The van der Waals surface area contributed by atoms with Crippen LogP contribution in [0.3, 0.4) is 0 Å². The summed E-state index contributed by atoms with van der Waals surface area (Å²) in [5.74, 6) is 0. The predicted octanol–water partition coefficient (Wildman–Crippen LogP) is 1.73. The van der Waals surface area contributed by atoms with Crippen LogP contribution in [0.25, 0.3) is 0 Å². The molecule has 1 aromatic rings. The van der Waals surface area contributed by atoms with Gasteiger partial charge >= 0.3 is 10.2 Å². The van der Waals surface area contributed by atoms with Gasteiger partial charge in [0.05, 0.1) is 5.69 Å². The van der Waals surface area contributed by atoms with E-state index in [9.17, 15) is 8.42 Å². The normalized spacial score (nSPS) is 11.8. The average molecular weight is 337 g/mol. The number of aryl methyl sites for hydroxylation is 1. The quantitative estimate of drug-likeness (QED) is 0.831. The van der Waals surface area contributed by atoms with Crippen molar-refractivity contribution in [1.29, 1.82) is 0 Å². The number of benzene rings is 1. The first-order chi connectivity index (χ1) is 8.36. The molecule has 0 saturated carbocycles. The van der Waals surface area contributed by atoms with Crippen molar-refractivity contribution in [3.63, 3.8) is 0 Å². The summed E-state index contributed by atoms with van der Waals surface area (Å²) < 4.78 is 28.3. The lowest BCUT2D eigenvalue weighted by atomic mass is 10.2. The largest absolute Gasteiger partial charge is 0.396 e. The molecule has 0 bridgehead atoms. The number of halogens is 1. The maximum Gasteiger partial charge on any atom is 0.301 e. The van der Waals surface area contributed by atoms with Gasteiger partial charge in [0.15, 0.2) is 0 Å². The van der Waals surface area contributed by atoms with Crippen LogP contribution in [-0.4, -0.2) is 38.0 Å². The highest BCUT2D eigenvalue weighted by Gasteiger charge is 2.17. The van der Waals surface area contributed by atoms with Gasteiger partial charge in [0.25, 0.3) is 0 Å². The summed E-state index contributed by atoms with van der Waals surface area (Å²) in [6, 6.07) is 5.37. The Balaban J connectivity index is 2.82. The van der Waals surface area contributed by atoms with Crippen LogP contribution in [0.15, 0.2) is 22.7 Å². The minimum Gasteiger partial charge on any atom is -0.396 e. The van der Waals surface area contributed by atoms with Gasteiger partial charge in [0.1, 0.15) is 0 Å². The van der Waals surface area contributed by atoms with Crippen molar-refractivity contribution >= 4 is 31.8 Å². The first-order valence-electron chi connectivity index (χ1n) is 5.48. The number of aliphatic hydroxyl groups excluding tert-OH is 1. The highest BCUT2D eigenvalue weighted by molar-refractivity contribution is 9.10. The van der Waals surface area contributed by atoms with Crippen LogP contribution in [0.4, 0.5) is 5.69 Å². The zero-order chi connectivity index (χ0) is 13.8. The summed E-state index contributed by atoms with van der Waals surface area (Å²) in [6.45, 7) is 2.17. The van der Waals surface area contributed by atoms with Crippen molar-refractivity contribution in [3.8, 4) is 0 Å². The Bertz CT molecular complexity index is 505. The maximum absolute atomic E-state index is 12.0. The van der Waals surface area contributed by atoms with Crippen LogP contribution < -0.4 is 4.72 Å². The molecule has 2 N–H and O–H groups in total. The van der Waals surface area contributed by atoms with Gasteiger partial charge in [-0.1, -0.05) is 6.07 Å². The fourth-order valence-corrected chi connectivity index (χ4v) is 3.04. The molecule has 0 aliphatic carbocycles. The predicted molar refractivity (Wildman–Crippen MR) is 75.8 cm³/mol. The lowest BCUT2D eigenvalue weighted by molar-refractivity contribution is 0.276. The van der Waals surface area contributed by atoms with E-state index in [-0.39, 0.29) is 13.2 Å². The summed E-state index contributed by atoms with van der Waals surface area (Å²) in [6.07, 6.45) is 0.409. The van der Waals surface area contributed by atoms with Crippen LogP contribution in [0.5, 0.6) is 0 Å². The number of hydrogen-bond acceptors (Lipinski definition) is 3. The van der Waals surface area contributed by atoms with E-state index in [4.69, 9.17) is 5.11 Å². The van der Waals surface area contributed by atoms with E-state index in [1.807, 2.05) is 19.1 Å². The monoisotopic (exact) mass is 336 g/mol. The standard InChI is InChI=1S/C11H17BrN2O3S/c1-9-4-5-11(10(12)8-9)13-18(16,17)14(2)6-3-7-15/h4-5,8,13,15H,3,6-7H2,1-2H3. The molecule has 0 spiro atoms. The van der Waals surface area contributed by atoms with E-state index >= 15 is 0 Å². The summed E-state index contributed by atoms with van der Waals surface area (Å²) in [7, 11) is -2.11. The molecule has 0 amide bonds. The third kappa shape index (κ3) is 4.24. The molecule has 0 aliphatic heterocycles. The van der Waals surface area contributed by atoms with Crippen LogP contribution in [0, 0.1) is 6.92 Å². The summed E-state index contributed by atoms with van der Waals surface area (Å²) >= 11 is 3.32.